The Hall–Kier alpha value is 2.16. The summed E-state index contributed by atoms with van der Waals surface area (Å²) >= 11 is 0. The number of phosphoric ester groups is 1. The fourth-order valence-electron chi connectivity index (χ4n) is 2.13. The first-order valence-corrected chi connectivity index (χ1v) is 9.29. The average molecular weight is 428 g/mol. The van der Waals surface area contributed by atoms with Crippen LogP contribution in [0.15, 0.2) is 0 Å². The van der Waals surface area contributed by atoms with E-state index in [1.165, 1.54) is 57.8 Å². The van der Waals surface area contributed by atoms with Gasteiger partial charge in [0.15, 0.2) is 0 Å². The molecule has 0 aromatic rings. The van der Waals surface area contributed by atoms with Gasteiger partial charge in [-0.2, -0.15) is 0 Å². The van der Waals surface area contributed by atoms with E-state index in [-0.39, 0.29) is 75.5 Å². The molecule has 0 unspecified atom stereocenters. The Morgan fingerprint density at radius 2 is 1.10 bits per heavy atom. The van der Waals surface area contributed by atoms with Crippen molar-refractivity contribution in [1.82, 2.24) is 0 Å². The zero-order valence-electron chi connectivity index (χ0n) is 12.4. The van der Waals surface area contributed by atoms with Gasteiger partial charge in [-0.25, -0.2) is 4.57 Å². The Bertz CT molecular complexity index is 233. The number of hydrogen-bond donors (Lipinski definition) is 2. The Morgan fingerprint density at radius 3 is 1.45 bits per heavy atom. The van der Waals surface area contributed by atoms with Crippen LogP contribution in [0.2, 0.25) is 0 Å². The first kappa shape index (κ1) is 24.4. The molecule has 2 N–H and O–H groups in total. The molecule has 118 valence electrons. The maximum absolute atomic E-state index is 10.4. The van der Waals surface area contributed by atoms with Crippen LogP contribution < -0.4 is 0 Å². The first-order valence-electron chi connectivity index (χ1n) is 7.76. The van der Waals surface area contributed by atoms with Crippen LogP contribution >= 0.6 is 7.82 Å². The summed E-state index contributed by atoms with van der Waals surface area (Å²) in [7, 11) is -4.25. The van der Waals surface area contributed by atoms with Gasteiger partial charge in [0, 0.05) is 0 Å². The van der Waals surface area contributed by atoms with Crippen molar-refractivity contribution < 1.29 is 18.9 Å². The molecule has 0 fully saturated rings. The predicted molar refractivity (Wildman–Crippen MR) is 86.2 cm³/mol. The summed E-state index contributed by atoms with van der Waals surface area (Å²) in [4.78, 5) is 17.0. The van der Waals surface area contributed by atoms with E-state index >= 15 is 0 Å². The SMILES string of the molecule is CCCCCCCCCCCCCCOP(=O)(O)O.[CsH]. The number of unbranched alkanes of at least 4 members (excludes halogenated alkanes) is 11. The Morgan fingerprint density at radius 1 is 0.750 bits per heavy atom. The van der Waals surface area contributed by atoms with Crippen molar-refractivity contribution >= 4 is 76.7 Å². The van der Waals surface area contributed by atoms with Gasteiger partial charge in [-0.15, -0.1) is 0 Å². The molecule has 20 heavy (non-hydrogen) atoms. The molecule has 0 aromatic heterocycles. The average Bonchev–Trinajstić information content (AvgIpc) is 2.34. The number of rotatable bonds is 14. The molecule has 0 atom stereocenters. The van der Waals surface area contributed by atoms with Crippen molar-refractivity contribution in [3.05, 3.63) is 0 Å². The maximum atomic E-state index is 10.4. The Kier molecular flexibility index (Phi) is 21.4. The third-order valence-electron chi connectivity index (χ3n) is 3.26. The molecule has 0 saturated heterocycles. The topological polar surface area (TPSA) is 66.8 Å². The molecule has 0 spiro atoms. The van der Waals surface area contributed by atoms with Crippen LogP contribution in [0.25, 0.3) is 0 Å². The number of phosphoric acid groups is 1. The van der Waals surface area contributed by atoms with Crippen LogP contribution in [0, 0.1) is 0 Å². The quantitative estimate of drug-likeness (QED) is 0.322. The second-order valence-corrected chi connectivity index (χ2v) is 6.45. The van der Waals surface area contributed by atoms with Crippen molar-refractivity contribution in [3.8, 4) is 0 Å². The molecule has 0 aliphatic carbocycles. The second kappa shape index (κ2) is 17.5. The van der Waals surface area contributed by atoms with Gasteiger partial charge in [-0.1, -0.05) is 77.6 Å². The van der Waals surface area contributed by atoms with Gasteiger partial charge in [0.1, 0.15) is 0 Å². The van der Waals surface area contributed by atoms with Gasteiger partial charge in [0.25, 0.3) is 0 Å². The van der Waals surface area contributed by atoms with Gasteiger partial charge < -0.3 is 9.79 Å². The fraction of sp³-hybridized carbons (Fsp3) is 1.00. The molecule has 0 aliphatic heterocycles. The minimum absolute atomic E-state index is 0. The van der Waals surface area contributed by atoms with E-state index in [0.717, 1.165) is 19.3 Å². The second-order valence-electron chi connectivity index (χ2n) is 5.21. The summed E-state index contributed by atoms with van der Waals surface area (Å²) in [5.41, 5.74) is 0. The zero-order chi connectivity index (χ0) is 14.4. The van der Waals surface area contributed by atoms with Crippen LogP contribution in [0.5, 0.6) is 0 Å². The molecule has 0 heterocycles. The monoisotopic (exact) mass is 428 g/mol. The van der Waals surface area contributed by atoms with Gasteiger partial charge >= 0.3 is 76.7 Å². The van der Waals surface area contributed by atoms with Crippen molar-refractivity contribution in [3.63, 3.8) is 0 Å². The van der Waals surface area contributed by atoms with Gasteiger partial charge in [-0.05, 0) is 6.42 Å². The molecule has 6 heteroatoms. The van der Waals surface area contributed by atoms with E-state index in [1.807, 2.05) is 0 Å². The Labute approximate surface area is 183 Å². The summed E-state index contributed by atoms with van der Waals surface area (Å²) in [5, 5.41) is 0. The fourth-order valence-corrected chi connectivity index (χ4v) is 2.49. The van der Waals surface area contributed by atoms with Crippen molar-refractivity contribution in [2.45, 2.75) is 84.0 Å². The third kappa shape index (κ3) is 22.4. The molecule has 0 rings (SSSR count). The number of hydrogen-bond acceptors (Lipinski definition) is 2. The van der Waals surface area contributed by atoms with Gasteiger partial charge in [-0.3, -0.25) is 4.52 Å². The summed E-state index contributed by atoms with van der Waals surface area (Å²) < 4.78 is 14.8. The predicted octanol–water partition coefficient (Wildman–Crippen LogP) is 4.15. The van der Waals surface area contributed by atoms with Crippen molar-refractivity contribution in [2.24, 2.45) is 0 Å². The van der Waals surface area contributed by atoms with Crippen LogP contribution in [0.1, 0.15) is 84.0 Å². The standard InChI is InChI=1S/C14H31O4P.Cs.H/c1-2-3-4-5-6-7-8-9-10-11-12-13-14-18-19(15,16)17;;/h2-14H2,1H3,(H2,15,16,17);;. The molecular formula is C14H32CsO4P. The molecule has 0 amide bonds. The molecule has 0 saturated carbocycles. The van der Waals surface area contributed by atoms with E-state index in [1.54, 1.807) is 0 Å². The van der Waals surface area contributed by atoms with E-state index in [4.69, 9.17) is 9.79 Å². The summed E-state index contributed by atoms with van der Waals surface area (Å²) in [5.74, 6) is 0. The summed E-state index contributed by atoms with van der Waals surface area (Å²) in [6.45, 7) is 2.41. The zero-order valence-corrected chi connectivity index (χ0v) is 13.2. The van der Waals surface area contributed by atoms with Gasteiger partial charge in [0.2, 0.25) is 0 Å². The Balaban J connectivity index is 0. The first-order chi connectivity index (χ1) is 9.06. The third-order valence-corrected chi connectivity index (χ3v) is 3.78. The van der Waals surface area contributed by atoms with Crippen LogP contribution in [-0.4, -0.2) is 85.3 Å². The van der Waals surface area contributed by atoms with E-state index < -0.39 is 7.82 Å². The van der Waals surface area contributed by atoms with E-state index in [9.17, 15) is 4.57 Å². The van der Waals surface area contributed by atoms with E-state index in [0.29, 0.717) is 0 Å². The molecular weight excluding hydrogens is 396 g/mol. The molecule has 0 aromatic carbocycles. The molecule has 0 bridgehead atoms. The molecule has 0 aliphatic rings. The molecule has 0 radical (unpaired) electrons. The van der Waals surface area contributed by atoms with Crippen LogP contribution in [0.4, 0.5) is 0 Å². The summed E-state index contributed by atoms with van der Waals surface area (Å²) in [6, 6.07) is 0. The molecule has 4 nitrogen and oxygen atoms in total. The van der Waals surface area contributed by atoms with Crippen molar-refractivity contribution in [2.75, 3.05) is 6.61 Å². The van der Waals surface area contributed by atoms with E-state index in [2.05, 4.69) is 11.4 Å². The van der Waals surface area contributed by atoms with Gasteiger partial charge in [0.05, 0.1) is 6.61 Å². The minimum atomic E-state index is -4.25. The normalized spacial score (nSPS) is 11.3. The van der Waals surface area contributed by atoms with Crippen LogP contribution in [0.3, 0.4) is 0 Å². The van der Waals surface area contributed by atoms with Crippen LogP contribution in [-0.2, 0) is 9.09 Å². The summed E-state index contributed by atoms with van der Waals surface area (Å²) in [6.07, 6.45) is 14.9. The van der Waals surface area contributed by atoms with Crippen molar-refractivity contribution in [1.29, 1.82) is 0 Å².